The second-order valence-electron chi connectivity index (χ2n) is 10.6. The van der Waals surface area contributed by atoms with Crippen LogP contribution >= 0.6 is 0 Å². The molecule has 0 atom stereocenters. The molecule has 2 heterocycles. The van der Waals surface area contributed by atoms with Crippen LogP contribution in [0.15, 0.2) is 78.9 Å². The summed E-state index contributed by atoms with van der Waals surface area (Å²) in [6.07, 6.45) is 7.32. The molecule has 0 N–H and O–H groups in total. The van der Waals surface area contributed by atoms with Crippen LogP contribution in [-0.2, 0) is 12.8 Å². The Balaban J connectivity index is 1.15. The van der Waals surface area contributed by atoms with Gasteiger partial charge in [0.2, 0.25) is 0 Å². The van der Waals surface area contributed by atoms with Crippen LogP contribution in [0, 0.1) is 0 Å². The van der Waals surface area contributed by atoms with Crippen molar-refractivity contribution in [2.75, 3.05) is 52.5 Å². The molecule has 2 aliphatic rings. The van der Waals surface area contributed by atoms with Gasteiger partial charge in [0, 0.05) is 13.1 Å². The van der Waals surface area contributed by atoms with Crippen LogP contribution < -0.4 is 9.47 Å². The van der Waals surface area contributed by atoms with E-state index in [0.717, 1.165) is 50.6 Å². The number of hydrogen-bond acceptors (Lipinski definition) is 4. The quantitative estimate of drug-likeness (QED) is 0.280. The van der Waals surface area contributed by atoms with Gasteiger partial charge in [-0.05, 0) is 112 Å². The van der Waals surface area contributed by atoms with E-state index in [4.69, 9.17) is 9.47 Å². The molecule has 2 aliphatic heterocycles. The third-order valence-electron chi connectivity index (χ3n) is 7.83. The Morgan fingerprint density at radius 2 is 0.973 bits per heavy atom. The molecule has 4 nitrogen and oxygen atoms in total. The van der Waals surface area contributed by atoms with Crippen molar-refractivity contribution in [2.24, 2.45) is 0 Å². The third kappa shape index (κ3) is 8.08. The smallest absolute Gasteiger partial charge is 0.119 e. The van der Waals surface area contributed by atoms with Crippen molar-refractivity contribution in [3.63, 3.8) is 0 Å². The van der Waals surface area contributed by atoms with Crippen LogP contribution in [0.2, 0.25) is 0 Å². The molecule has 3 aromatic carbocycles. The Labute approximate surface area is 223 Å². The van der Waals surface area contributed by atoms with Gasteiger partial charge in [-0.25, -0.2) is 0 Å². The zero-order chi connectivity index (χ0) is 25.1. The van der Waals surface area contributed by atoms with Gasteiger partial charge in [-0.15, -0.1) is 0 Å². The van der Waals surface area contributed by atoms with E-state index in [2.05, 4.69) is 88.7 Å². The highest BCUT2D eigenvalue weighted by Gasteiger charge is 2.15. The normalized spacial score (nSPS) is 16.5. The average Bonchev–Trinajstić information content (AvgIpc) is 3.66. The third-order valence-corrected chi connectivity index (χ3v) is 7.83. The Hall–Kier alpha value is -2.82. The molecule has 196 valence electrons. The fraction of sp³-hybridized carbons (Fsp3) is 0.455. The van der Waals surface area contributed by atoms with Crippen molar-refractivity contribution >= 4 is 0 Å². The molecule has 0 saturated carbocycles. The van der Waals surface area contributed by atoms with Gasteiger partial charge in [0.15, 0.2) is 0 Å². The minimum absolute atomic E-state index is 0.421. The average molecular weight is 499 g/mol. The highest BCUT2D eigenvalue weighted by molar-refractivity contribution is 5.33. The Bertz CT molecular complexity index is 972. The number of rotatable bonds is 13. The van der Waals surface area contributed by atoms with E-state index < -0.39 is 0 Å². The largest absolute Gasteiger partial charge is 0.492 e. The van der Waals surface area contributed by atoms with Gasteiger partial charge in [0.25, 0.3) is 0 Å². The fourth-order valence-electron chi connectivity index (χ4n) is 5.64. The highest BCUT2D eigenvalue weighted by Crippen LogP contribution is 2.27. The van der Waals surface area contributed by atoms with Crippen molar-refractivity contribution in [3.05, 3.63) is 95.6 Å². The first-order valence-corrected chi connectivity index (χ1v) is 14.2. The molecule has 2 fully saturated rings. The first kappa shape index (κ1) is 25.8. The number of ether oxygens (including phenoxy) is 2. The lowest BCUT2D eigenvalue weighted by Gasteiger charge is -2.19. The minimum atomic E-state index is 0.421. The number of nitrogens with zero attached hydrogens (tertiary/aromatic N) is 2. The predicted molar refractivity (Wildman–Crippen MR) is 152 cm³/mol. The zero-order valence-corrected chi connectivity index (χ0v) is 22.2. The van der Waals surface area contributed by atoms with Crippen LogP contribution in [0.4, 0.5) is 0 Å². The molecule has 5 rings (SSSR count). The lowest BCUT2D eigenvalue weighted by molar-refractivity contribution is 0.237. The molecule has 0 amide bonds. The molecule has 0 radical (unpaired) electrons. The number of benzene rings is 3. The fourth-order valence-corrected chi connectivity index (χ4v) is 5.64. The van der Waals surface area contributed by atoms with Gasteiger partial charge < -0.3 is 9.47 Å². The van der Waals surface area contributed by atoms with E-state index in [0.29, 0.717) is 5.92 Å². The van der Waals surface area contributed by atoms with E-state index >= 15 is 0 Å². The molecule has 37 heavy (non-hydrogen) atoms. The van der Waals surface area contributed by atoms with E-state index in [1.807, 2.05) is 0 Å². The molecule has 0 bridgehead atoms. The van der Waals surface area contributed by atoms with Gasteiger partial charge in [-0.3, -0.25) is 9.80 Å². The summed E-state index contributed by atoms with van der Waals surface area (Å²) < 4.78 is 12.0. The standard InChI is InChI=1S/C33H42N2O2/c1-2-8-30(9-3-1)31(26-28-10-14-32(15-11-28)36-24-22-34-18-4-5-19-34)27-29-12-16-33(17-13-29)37-25-23-35-20-6-7-21-35/h1-3,8-17,31H,4-7,18-27H2. The molecule has 2 saturated heterocycles. The van der Waals surface area contributed by atoms with E-state index in [-0.39, 0.29) is 0 Å². The Morgan fingerprint density at radius 1 is 0.541 bits per heavy atom. The van der Waals surface area contributed by atoms with Crippen molar-refractivity contribution in [3.8, 4) is 11.5 Å². The summed E-state index contributed by atoms with van der Waals surface area (Å²) in [5, 5.41) is 0. The van der Waals surface area contributed by atoms with Crippen LogP contribution in [0.3, 0.4) is 0 Å². The van der Waals surface area contributed by atoms with Crippen LogP contribution in [0.25, 0.3) is 0 Å². The van der Waals surface area contributed by atoms with Crippen LogP contribution in [0.1, 0.15) is 48.3 Å². The van der Waals surface area contributed by atoms with E-state index in [1.165, 1.54) is 68.6 Å². The molecule has 4 heteroatoms. The topological polar surface area (TPSA) is 24.9 Å². The first-order chi connectivity index (χ1) is 18.3. The molecule has 0 aromatic heterocycles. The van der Waals surface area contributed by atoms with E-state index in [1.54, 1.807) is 0 Å². The molecule has 0 aliphatic carbocycles. The van der Waals surface area contributed by atoms with Crippen LogP contribution in [-0.4, -0.2) is 62.3 Å². The van der Waals surface area contributed by atoms with Gasteiger partial charge in [-0.1, -0.05) is 54.6 Å². The second kappa shape index (κ2) is 13.6. The van der Waals surface area contributed by atoms with Crippen molar-refractivity contribution in [1.82, 2.24) is 9.80 Å². The van der Waals surface area contributed by atoms with Gasteiger partial charge in [0.1, 0.15) is 24.7 Å². The van der Waals surface area contributed by atoms with Gasteiger partial charge >= 0.3 is 0 Å². The van der Waals surface area contributed by atoms with Crippen molar-refractivity contribution < 1.29 is 9.47 Å². The van der Waals surface area contributed by atoms with Crippen molar-refractivity contribution in [1.29, 1.82) is 0 Å². The van der Waals surface area contributed by atoms with Crippen molar-refractivity contribution in [2.45, 2.75) is 44.4 Å². The summed E-state index contributed by atoms with van der Waals surface area (Å²) in [6.45, 7) is 8.47. The number of hydrogen-bond donors (Lipinski definition) is 0. The Morgan fingerprint density at radius 3 is 1.41 bits per heavy atom. The molecular weight excluding hydrogens is 456 g/mol. The summed E-state index contributed by atoms with van der Waals surface area (Å²) >= 11 is 0. The predicted octanol–water partition coefficient (Wildman–Crippen LogP) is 6.20. The Kier molecular flexibility index (Phi) is 9.52. The lowest BCUT2D eigenvalue weighted by Crippen LogP contribution is -2.25. The summed E-state index contributed by atoms with van der Waals surface area (Å²) in [7, 11) is 0. The molecule has 0 unspecified atom stereocenters. The summed E-state index contributed by atoms with van der Waals surface area (Å²) in [6, 6.07) is 28.4. The maximum absolute atomic E-state index is 6.02. The van der Waals surface area contributed by atoms with Crippen LogP contribution in [0.5, 0.6) is 11.5 Å². The molecular formula is C33H42N2O2. The van der Waals surface area contributed by atoms with E-state index in [9.17, 15) is 0 Å². The minimum Gasteiger partial charge on any atom is -0.492 e. The summed E-state index contributed by atoms with van der Waals surface area (Å²) in [4.78, 5) is 4.98. The zero-order valence-electron chi connectivity index (χ0n) is 22.2. The lowest BCUT2D eigenvalue weighted by atomic mass is 9.86. The summed E-state index contributed by atoms with van der Waals surface area (Å²) in [5.74, 6) is 2.36. The number of likely N-dealkylation sites (tertiary alicyclic amines) is 2. The monoisotopic (exact) mass is 498 g/mol. The van der Waals surface area contributed by atoms with Gasteiger partial charge in [-0.2, -0.15) is 0 Å². The summed E-state index contributed by atoms with van der Waals surface area (Å²) in [5.41, 5.74) is 4.09. The maximum atomic E-state index is 6.02. The second-order valence-corrected chi connectivity index (χ2v) is 10.6. The molecule has 3 aromatic rings. The highest BCUT2D eigenvalue weighted by atomic mass is 16.5. The maximum Gasteiger partial charge on any atom is 0.119 e. The SMILES string of the molecule is c1ccc(C(Cc2ccc(OCCN3CCCC3)cc2)Cc2ccc(OCCN3CCCC3)cc2)cc1. The first-order valence-electron chi connectivity index (χ1n) is 14.2. The van der Waals surface area contributed by atoms with Gasteiger partial charge in [0.05, 0.1) is 0 Å². The molecule has 0 spiro atoms.